The highest BCUT2D eigenvalue weighted by atomic mass is 35.5. The average molecular weight is 303 g/mol. The predicted octanol–water partition coefficient (Wildman–Crippen LogP) is 4.07. The summed E-state index contributed by atoms with van der Waals surface area (Å²) in [5.74, 6) is 0.600. The number of hydrogen-bond acceptors (Lipinski definition) is 3. The van der Waals surface area contributed by atoms with Crippen molar-refractivity contribution < 1.29 is 0 Å². The Morgan fingerprint density at radius 3 is 2.44 bits per heavy atom. The average Bonchev–Trinajstić information content (AvgIpc) is 2.35. The van der Waals surface area contributed by atoms with E-state index in [2.05, 4.69) is 9.97 Å². The quantitative estimate of drug-likeness (QED) is 0.800. The van der Waals surface area contributed by atoms with E-state index in [0.29, 0.717) is 22.4 Å². The van der Waals surface area contributed by atoms with Gasteiger partial charge in [0.05, 0.1) is 10.0 Å². The number of aromatic nitrogens is 2. The Morgan fingerprint density at radius 1 is 1.11 bits per heavy atom. The lowest BCUT2D eigenvalue weighted by molar-refractivity contribution is 0.895. The summed E-state index contributed by atoms with van der Waals surface area (Å²) in [6.07, 6.45) is 3.49. The van der Waals surface area contributed by atoms with Gasteiger partial charge in [-0.3, -0.25) is 4.98 Å². The van der Waals surface area contributed by atoms with Crippen LogP contribution in [0.5, 0.6) is 0 Å². The number of pyridine rings is 2. The maximum Gasteiger partial charge on any atom is 0.150 e. The number of halogens is 3. The van der Waals surface area contributed by atoms with Crippen LogP contribution in [0.4, 0.5) is 5.82 Å². The first kappa shape index (κ1) is 13.4. The fourth-order valence-electron chi connectivity index (χ4n) is 1.54. The van der Waals surface area contributed by atoms with Crippen molar-refractivity contribution in [3.8, 4) is 0 Å². The Bertz CT molecular complexity index is 546. The summed E-state index contributed by atoms with van der Waals surface area (Å²) in [7, 11) is 1.89. The van der Waals surface area contributed by atoms with Gasteiger partial charge in [-0.25, -0.2) is 4.98 Å². The first-order chi connectivity index (χ1) is 8.58. The van der Waals surface area contributed by atoms with Gasteiger partial charge in [-0.15, -0.1) is 0 Å². The molecular weight excluding hydrogens is 293 g/mol. The molecule has 0 radical (unpaired) electrons. The molecule has 2 aromatic heterocycles. The van der Waals surface area contributed by atoms with Gasteiger partial charge in [-0.05, 0) is 23.8 Å². The molecule has 0 unspecified atom stereocenters. The second-order valence-corrected chi connectivity index (χ2v) is 4.95. The van der Waals surface area contributed by atoms with E-state index in [9.17, 15) is 0 Å². The third-order valence-corrected chi connectivity index (χ3v) is 3.35. The minimum atomic E-state index is 0.248. The largest absolute Gasteiger partial charge is 0.354 e. The second kappa shape index (κ2) is 5.74. The van der Waals surface area contributed by atoms with Crippen molar-refractivity contribution in [2.75, 3.05) is 11.9 Å². The van der Waals surface area contributed by atoms with E-state index in [0.717, 1.165) is 5.56 Å². The summed E-state index contributed by atoms with van der Waals surface area (Å²) < 4.78 is 0. The van der Waals surface area contributed by atoms with Crippen molar-refractivity contribution >= 4 is 40.6 Å². The third kappa shape index (κ3) is 3.05. The number of rotatable bonds is 3. The molecule has 2 aromatic rings. The molecule has 0 aliphatic carbocycles. The summed E-state index contributed by atoms with van der Waals surface area (Å²) in [4.78, 5) is 10.1. The molecular formula is C12H10Cl3N3. The molecule has 0 atom stereocenters. The first-order valence-corrected chi connectivity index (χ1v) is 6.33. The normalized spacial score (nSPS) is 10.4. The van der Waals surface area contributed by atoms with Crippen LogP contribution in [0.25, 0.3) is 0 Å². The summed E-state index contributed by atoms with van der Waals surface area (Å²) in [6.45, 7) is 0.660. The minimum Gasteiger partial charge on any atom is -0.354 e. The maximum atomic E-state index is 6.10. The van der Waals surface area contributed by atoms with Crippen LogP contribution in [0.1, 0.15) is 5.56 Å². The molecule has 0 saturated heterocycles. The van der Waals surface area contributed by atoms with E-state index in [-0.39, 0.29) is 5.15 Å². The van der Waals surface area contributed by atoms with E-state index in [1.54, 1.807) is 18.5 Å². The lowest BCUT2D eigenvalue weighted by Gasteiger charge is -2.19. The number of hydrogen-bond donors (Lipinski definition) is 0. The molecule has 0 N–H and O–H groups in total. The molecule has 0 fully saturated rings. The predicted molar refractivity (Wildman–Crippen MR) is 75.6 cm³/mol. The van der Waals surface area contributed by atoms with E-state index >= 15 is 0 Å². The van der Waals surface area contributed by atoms with Crippen molar-refractivity contribution in [3.63, 3.8) is 0 Å². The smallest absolute Gasteiger partial charge is 0.150 e. The fraction of sp³-hybridized carbons (Fsp3) is 0.167. The molecule has 2 rings (SSSR count). The van der Waals surface area contributed by atoms with Gasteiger partial charge in [0.1, 0.15) is 11.0 Å². The van der Waals surface area contributed by atoms with Gasteiger partial charge >= 0.3 is 0 Å². The summed E-state index contributed by atoms with van der Waals surface area (Å²) in [6, 6.07) is 5.46. The molecule has 0 aliphatic heterocycles. The van der Waals surface area contributed by atoms with Gasteiger partial charge in [0.15, 0.2) is 0 Å². The van der Waals surface area contributed by atoms with E-state index in [4.69, 9.17) is 34.8 Å². The first-order valence-electron chi connectivity index (χ1n) is 5.19. The molecule has 0 aliphatic rings. The van der Waals surface area contributed by atoms with Crippen molar-refractivity contribution in [1.82, 2.24) is 9.97 Å². The molecule has 6 heteroatoms. The monoisotopic (exact) mass is 301 g/mol. The van der Waals surface area contributed by atoms with Gasteiger partial charge < -0.3 is 4.90 Å². The van der Waals surface area contributed by atoms with E-state index in [1.165, 1.54) is 0 Å². The van der Waals surface area contributed by atoms with Crippen molar-refractivity contribution in [3.05, 3.63) is 51.4 Å². The molecule has 0 spiro atoms. The van der Waals surface area contributed by atoms with Crippen LogP contribution < -0.4 is 4.90 Å². The zero-order valence-corrected chi connectivity index (χ0v) is 11.8. The van der Waals surface area contributed by atoms with Crippen LogP contribution in [0, 0.1) is 0 Å². The fourth-order valence-corrected chi connectivity index (χ4v) is 2.18. The molecule has 2 heterocycles. The van der Waals surface area contributed by atoms with Crippen molar-refractivity contribution in [2.45, 2.75) is 6.54 Å². The Balaban J connectivity index is 2.24. The standard InChI is InChI=1S/C12H10Cl3N3/c1-18(7-8-2-4-16-5-3-8)12-10(14)6-9(13)11(15)17-12/h2-6H,7H2,1H3. The van der Waals surface area contributed by atoms with Crippen LogP contribution in [-0.2, 0) is 6.54 Å². The highest BCUT2D eigenvalue weighted by molar-refractivity contribution is 6.42. The molecule has 18 heavy (non-hydrogen) atoms. The second-order valence-electron chi connectivity index (χ2n) is 3.78. The van der Waals surface area contributed by atoms with Gasteiger partial charge in [0.2, 0.25) is 0 Å². The third-order valence-electron chi connectivity index (χ3n) is 2.40. The van der Waals surface area contributed by atoms with Crippen LogP contribution in [0.3, 0.4) is 0 Å². The van der Waals surface area contributed by atoms with Crippen LogP contribution >= 0.6 is 34.8 Å². The summed E-state index contributed by atoms with van der Waals surface area (Å²) in [5.41, 5.74) is 1.11. The van der Waals surface area contributed by atoms with Gasteiger partial charge in [0, 0.05) is 26.0 Å². The van der Waals surface area contributed by atoms with Gasteiger partial charge in [0.25, 0.3) is 0 Å². The van der Waals surface area contributed by atoms with E-state index in [1.807, 2.05) is 24.1 Å². The number of anilines is 1. The van der Waals surface area contributed by atoms with Crippen LogP contribution in [0.2, 0.25) is 15.2 Å². The SMILES string of the molecule is CN(Cc1ccncc1)c1nc(Cl)c(Cl)cc1Cl. The molecule has 0 bridgehead atoms. The zero-order valence-electron chi connectivity index (χ0n) is 9.57. The Hall–Kier alpha value is -1.03. The molecule has 94 valence electrons. The Morgan fingerprint density at radius 2 is 1.78 bits per heavy atom. The Kier molecular flexibility index (Phi) is 4.27. The van der Waals surface area contributed by atoms with Gasteiger partial charge in [-0.2, -0.15) is 0 Å². The summed E-state index contributed by atoms with van der Waals surface area (Å²) >= 11 is 17.8. The molecule has 0 amide bonds. The molecule has 0 saturated carbocycles. The minimum absolute atomic E-state index is 0.248. The van der Waals surface area contributed by atoms with Crippen LogP contribution in [-0.4, -0.2) is 17.0 Å². The van der Waals surface area contributed by atoms with E-state index < -0.39 is 0 Å². The lowest BCUT2D eigenvalue weighted by Crippen LogP contribution is -2.18. The maximum absolute atomic E-state index is 6.10. The highest BCUT2D eigenvalue weighted by Gasteiger charge is 2.12. The van der Waals surface area contributed by atoms with Crippen molar-refractivity contribution in [2.24, 2.45) is 0 Å². The van der Waals surface area contributed by atoms with Crippen LogP contribution in [0.15, 0.2) is 30.6 Å². The topological polar surface area (TPSA) is 29.0 Å². The molecule has 3 nitrogen and oxygen atoms in total. The Labute approximate surface area is 120 Å². The zero-order chi connectivity index (χ0) is 13.1. The number of nitrogens with zero attached hydrogens (tertiary/aromatic N) is 3. The lowest BCUT2D eigenvalue weighted by atomic mass is 10.2. The van der Waals surface area contributed by atoms with Crippen molar-refractivity contribution in [1.29, 1.82) is 0 Å². The summed E-state index contributed by atoms with van der Waals surface area (Å²) in [5, 5.41) is 1.07. The van der Waals surface area contributed by atoms with Gasteiger partial charge in [-0.1, -0.05) is 34.8 Å². The molecule has 0 aromatic carbocycles. The highest BCUT2D eigenvalue weighted by Crippen LogP contribution is 2.31.